The number of nitrogens with zero attached hydrogens (tertiary/aromatic N) is 2. The largest absolute Gasteiger partial charge is 0.455 e. The van der Waals surface area contributed by atoms with Crippen LogP contribution in [0.2, 0.25) is 0 Å². The average Bonchev–Trinajstić information content (AvgIpc) is 4.04. The number of benzene rings is 8. The maximum atomic E-state index is 6.84. The molecular formula is C54H34N2OS. The molecule has 0 saturated carbocycles. The van der Waals surface area contributed by atoms with Crippen molar-refractivity contribution in [1.29, 1.82) is 0 Å². The van der Waals surface area contributed by atoms with Crippen LogP contribution in [-0.2, 0) is 0 Å². The molecule has 4 heterocycles. The first-order chi connectivity index (χ1) is 28.8. The monoisotopic (exact) mass is 758 g/mol. The van der Waals surface area contributed by atoms with Gasteiger partial charge in [0.05, 0.1) is 27.3 Å². The van der Waals surface area contributed by atoms with Gasteiger partial charge < -0.3 is 13.6 Å². The summed E-state index contributed by atoms with van der Waals surface area (Å²) in [4.78, 5) is 1.36. The van der Waals surface area contributed by atoms with Crippen molar-refractivity contribution in [2.24, 2.45) is 0 Å². The van der Waals surface area contributed by atoms with Crippen LogP contribution in [-0.4, -0.2) is 14.4 Å². The number of rotatable bonds is 4. The van der Waals surface area contributed by atoms with E-state index in [0.717, 1.165) is 33.2 Å². The van der Waals surface area contributed by atoms with E-state index in [-0.39, 0.29) is 11.2 Å². The SMILES string of the molecule is C1=CC2c3cccc(-c4ccccc4-c4cccc5c4oc4ccc(-n6c7ccccc7c7ccccc76)cc45)c3SC2C(n2c3ccccc3c3ccccc32)=C1. The van der Waals surface area contributed by atoms with Gasteiger partial charge in [-0.2, -0.15) is 0 Å². The molecule has 1 aliphatic heterocycles. The Morgan fingerprint density at radius 2 is 0.983 bits per heavy atom. The lowest BCUT2D eigenvalue weighted by atomic mass is 9.87. The second kappa shape index (κ2) is 12.2. The molecule has 2 atom stereocenters. The van der Waals surface area contributed by atoms with E-state index in [9.17, 15) is 0 Å². The summed E-state index contributed by atoms with van der Waals surface area (Å²) in [5.74, 6) is 0.273. The molecule has 58 heavy (non-hydrogen) atoms. The first-order valence-corrected chi connectivity index (χ1v) is 20.9. The van der Waals surface area contributed by atoms with Gasteiger partial charge in [0, 0.05) is 60.1 Å². The lowest BCUT2D eigenvalue weighted by molar-refractivity contribution is 0.670. The molecule has 0 amide bonds. The molecule has 0 N–H and O–H groups in total. The second-order valence-corrected chi connectivity index (χ2v) is 16.7. The van der Waals surface area contributed by atoms with Crippen molar-refractivity contribution >= 4 is 83.0 Å². The highest BCUT2D eigenvalue weighted by Gasteiger charge is 2.38. The molecule has 0 fully saturated rings. The maximum absolute atomic E-state index is 6.84. The fourth-order valence-electron chi connectivity index (χ4n) is 10.0. The Hall–Kier alpha value is -7.01. The summed E-state index contributed by atoms with van der Waals surface area (Å²) >= 11 is 2.01. The Balaban J connectivity index is 0.939. The van der Waals surface area contributed by atoms with Crippen LogP contribution in [0.25, 0.3) is 99.2 Å². The minimum atomic E-state index is 0.245. The quantitative estimate of drug-likeness (QED) is 0.178. The fraction of sp³-hybridized carbons (Fsp3) is 0.0370. The standard InChI is InChI=1S/C54H34N2OS/c1-2-15-35(42-22-12-23-43-44-24-13-29-50(54(44)58-53(42)43)56-48-27-9-5-18-38(48)39-19-6-10-28-49(39)56)34(14-1)40-20-11-21-41-45-32-33(30-31-51(45)57-52(40)41)55-46-25-7-3-16-36(46)37-17-4-8-26-47(37)55/h1-32,44,54H. The van der Waals surface area contributed by atoms with Crippen LogP contribution in [0.15, 0.2) is 203 Å². The topological polar surface area (TPSA) is 23.0 Å². The lowest BCUT2D eigenvalue weighted by Gasteiger charge is -2.25. The zero-order valence-electron chi connectivity index (χ0n) is 31.3. The average molecular weight is 759 g/mol. The highest BCUT2D eigenvalue weighted by atomic mass is 32.2. The Morgan fingerprint density at radius 1 is 0.448 bits per heavy atom. The van der Waals surface area contributed by atoms with Crippen molar-refractivity contribution in [2.75, 3.05) is 0 Å². The zero-order chi connectivity index (χ0) is 37.9. The first-order valence-electron chi connectivity index (χ1n) is 20.0. The van der Waals surface area contributed by atoms with Gasteiger partial charge in [-0.25, -0.2) is 0 Å². The van der Waals surface area contributed by atoms with Gasteiger partial charge in [-0.15, -0.1) is 11.8 Å². The predicted molar refractivity (Wildman–Crippen MR) is 244 cm³/mol. The highest BCUT2D eigenvalue weighted by molar-refractivity contribution is 8.00. The van der Waals surface area contributed by atoms with Crippen molar-refractivity contribution in [3.63, 3.8) is 0 Å². The Bertz CT molecular complexity index is 3470. The molecule has 0 radical (unpaired) electrons. The number of allylic oxidation sites excluding steroid dienone is 3. The molecule has 0 bridgehead atoms. The smallest absolute Gasteiger partial charge is 0.143 e. The minimum absolute atomic E-state index is 0.245. The molecule has 1 aliphatic carbocycles. The molecule has 2 aliphatic rings. The van der Waals surface area contributed by atoms with Crippen LogP contribution in [0, 0.1) is 0 Å². The third-order valence-corrected chi connectivity index (χ3v) is 14.0. The minimum Gasteiger partial charge on any atom is -0.455 e. The summed E-state index contributed by atoms with van der Waals surface area (Å²) in [5, 5.41) is 7.59. The van der Waals surface area contributed by atoms with E-state index < -0.39 is 0 Å². The highest BCUT2D eigenvalue weighted by Crippen LogP contribution is 2.56. The summed E-state index contributed by atoms with van der Waals surface area (Å²) < 4.78 is 11.7. The molecule has 11 aromatic rings. The lowest BCUT2D eigenvalue weighted by Crippen LogP contribution is -2.17. The molecule has 13 rings (SSSR count). The van der Waals surface area contributed by atoms with Gasteiger partial charge in [-0.1, -0.05) is 146 Å². The van der Waals surface area contributed by atoms with E-state index in [1.165, 1.54) is 76.5 Å². The second-order valence-electron chi connectivity index (χ2n) is 15.5. The molecule has 8 aromatic carbocycles. The van der Waals surface area contributed by atoms with Crippen molar-refractivity contribution in [2.45, 2.75) is 16.1 Å². The maximum Gasteiger partial charge on any atom is 0.143 e. The molecule has 4 heteroatoms. The van der Waals surface area contributed by atoms with Gasteiger partial charge in [0.1, 0.15) is 11.2 Å². The van der Waals surface area contributed by atoms with E-state index in [0.29, 0.717) is 0 Å². The number of furan rings is 1. The molecule has 3 nitrogen and oxygen atoms in total. The van der Waals surface area contributed by atoms with Crippen LogP contribution in [0.1, 0.15) is 11.5 Å². The van der Waals surface area contributed by atoms with Crippen LogP contribution in [0.3, 0.4) is 0 Å². The molecule has 0 spiro atoms. The Morgan fingerprint density at radius 3 is 1.66 bits per heavy atom. The normalized spacial score (nSPS) is 16.2. The van der Waals surface area contributed by atoms with Crippen LogP contribution >= 0.6 is 11.8 Å². The van der Waals surface area contributed by atoms with Crippen molar-refractivity contribution in [1.82, 2.24) is 9.13 Å². The first kappa shape index (κ1) is 32.1. The Labute approximate surface area is 338 Å². The molecule has 3 aromatic heterocycles. The van der Waals surface area contributed by atoms with Gasteiger partial charge in [0.25, 0.3) is 0 Å². The van der Waals surface area contributed by atoms with Crippen LogP contribution in [0.4, 0.5) is 0 Å². The summed E-state index contributed by atoms with van der Waals surface area (Å²) in [7, 11) is 0. The van der Waals surface area contributed by atoms with Crippen molar-refractivity contribution in [3.05, 3.63) is 200 Å². The van der Waals surface area contributed by atoms with E-state index in [2.05, 4.69) is 203 Å². The van der Waals surface area contributed by atoms with Gasteiger partial charge >= 0.3 is 0 Å². The van der Waals surface area contributed by atoms with E-state index in [1.54, 1.807) is 0 Å². The predicted octanol–water partition coefficient (Wildman–Crippen LogP) is 14.8. The third-order valence-electron chi connectivity index (χ3n) is 12.5. The van der Waals surface area contributed by atoms with Gasteiger partial charge in [-0.05, 0) is 70.8 Å². The molecule has 2 unspecified atom stereocenters. The van der Waals surface area contributed by atoms with Gasteiger partial charge in [-0.3, -0.25) is 0 Å². The fourth-order valence-corrected chi connectivity index (χ4v) is 11.6. The van der Waals surface area contributed by atoms with Crippen LogP contribution in [0.5, 0.6) is 0 Å². The van der Waals surface area contributed by atoms with Crippen molar-refractivity contribution < 1.29 is 4.42 Å². The summed E-state index contributed by atoms with van der Waals surface area (Å²) in [6.45, 7) is 0. The van der Waals surface area contributed by atoms with E-state index in [1.807, 2.05) is 11.8 Å². The summed E-state index contributed by atoms with van der Waals surface area (Å²) in [6.07, 6.45) is 7.01. The third kappa shape index (κ3) is 4.46. The van der Waals surface area contributed by atoms with Gasteiger partial charge in [0.2, 0.25) is 0 Å². The Kier molecular flexibility index (Phi) is 6.78. The number of thioether (sulfide) groups is 1. The van der Waals surface area contributed by atoms with E-state index in [4.69, 9.17) is 4.42 Å². The zero-order valence-corrected chi connectivity index (χ0v) is 32.2. The number of hydrogen-bond acceptors (Lipinski definition) is 2. The number of para-hydroxylation sites is 5. The molecule has 272 valence electrons. The number of aromatic nitrogens is 2. The number of fused-ring (bicyclic) bond motifs is 12. The molecule has 0 saturated heterocycles. The van der Waals surface area contributed by atoms with E-state index >= 15 is 0 Å². The number of hydrogen-bond donors (Lipinski definition) is 0. The summed E-state index contributed by atoms with van der Waals surface area (Å²) in [5.41, 5.74) is 15.3. The summed E-state index contributed by atoms with van der Waals surface area (Å²) in [6, 6.07) is 64.0. The van der Waals surface area contributed by atoms with Crippen molar-refractivity contribution in [3.8, 4) is 27.9 Å². The molecular weight excluding hydrogens is 725 g/mol. The van der Waals surface area contributed by atoms with Gasteiger partial charge in [0.15, 0.2) is 0 Å². The van der Waals surface area contributed by atoms with Crippen LogP contribution < -0.4 is 0 Å².